The summed E-state index contributed by atoms with van der Waals surface area (Å²) in [5.74, 6) is 0.981. The zero-order valence-electron chi connectivity index (χ0n) is 18.3. The summed E-state index contributed by atoms with van der Waals surface area (Å²) in [4.78, 5) is 12.3. The van der Waals surface area contributed by atoms with Crippen LogP contribution in [0.15, 0.2) is 35.4 Å². The van der Waals surface area contributed by atoms with Gasteiger partial charge in [0.2, 0.25) is 0 Å². The van der Waals surface area contributed by atoms with Crippen LogP contribution in [0.5, 0.6) is 0 Å². The molecular formula is C23H36FN5O2. The number of rotatable bonds is 5. The van der Waals surface area contributed by atoms with E-state index in [0.717, 1.165) is 44.3 Å². The fraction of sp³-hybridized carbons (Fsp3) is 0.696. The smallest absolute Gasteiger partial charge is 0.323 e. The minimum atomic E-state index is -1.09. The van der Waals surface area contributed by atoms with Crippen molar-refractivity contribution in [3.05, 3.63) is 35.4 Å². The van der Waals surface area contributed by atoms with E-state index >= 15 is 0 Å². The van der Waals surface area contributed by atoms with E-state index in [2.05, 4.69) is 21.3 Å². The molecule has 1 unspecified atom stereocenters. The van der Waals surface area contributed by atoms with Crippen LogP contribution in [0, 0.1) is 5.92 Å². The topological polar surface area (TPSA) is 100 Å². The molecular weight excluding hydrogens is 397 g/mol. The van der Waals surface area contributed by atoms with Crippen LogP contribution in [-0.4, -0.2) is 43.0 Å². The summed E-state index contributed by atoms with van der Waals surface area (Å²) in [7, 11) is 0. The van der Waals surface area contributed by atoms with Gasteiger partial charge in [-0.3, -0.25) is 0 Å². The van der Waals surface area contributed by atoms with Gasteiger partial charge in [0.25, 0.3) is 0 Å². The third-order valence-electron chi connectivity index (χ3n) is 6.73. The van der Waals surface area contributed by atoms with Crippen molar-refractivity contribution in [1.82, 2.24) is 21.3 Å². The molecule has 172 valence electrons. The van der Waals surface area contributed by atoms with Crippen molar-refractivity contribution >= 4 is 6.03 Å². The maximum absolute atomic E-state index is 14.0. The van der Waals surface area contributed by atoms with Gasteiger partial charge in [0.05, 0.1) is 18.0 Å². The molecule has 2 heterocycles. The first-order valence-electron chi connectivity index (χ1n) is 11.7. The Bertz CT molecular complexity index is 746. The molecule has 0 saturated carbocycles. The molecule has 0 aromatic carbocycles. The van der Waals surface area contributed by atoms with Gasteiger partial charge in [0.15, 0.2) is 0 Å². The van der Waals surface area contributed by atoms with E-state index in [1.54, 1.807) is 0 Å². The third kappa shape index (κ3) is 6.01. The van der Waals surface area contributed by atoms with Crippen molar-refractivity contribution in [2.24, 2.45) is 11.7 Å². The summed E-state index contributed by atoms with van der Waals surface area (Å²) < 4.78 is 20.4. The standard InChI is InChI=1S/C23H36FN5O2/c1-14-4-9-18(24)20(11-14)29-23(30)27-15-5-7-16(8-6-15)31-17-12-21(28-22(25)13-17)19-3-2-10-26-19/h5,11,13-14,16-19,21,26,28H,2-4,6-10,12,25H2,1H3,(H2,27,29,30)/t14-,16-,17+,18+,19-,21?/m1/s1. The van der Waals surface area contributed by atoms with E-state index in [1.807, 2.05) is 25.2 Å². The van der Waals surface area contributed by atoms with Crippen LogP contribution < -0.4 is 27.0 Å². The van der Waals surface area contributed by atoms with Gasteiger partial charge in [-0.25, -0.2) is 9.18 Å². The van der Waals surface area contributed by atoms with Crippen LogP contribution in [0.25, 0.3) is 0 Å². The highest BCUT2D eigenvalue weighted by molar-refractivity contribution is 5.77. The Kier molecular flexibility index (Phi) is 7.17. The van der Waals surface area contributed by atoms with E-state index in [0.29, 0.717) is 30.0 Å². The number of urea groups is 1. The second-order valence-corrected chi connectivity index (χ2v) is 9.33. The predicted octanol–water partition coefficient (Wildman–Crippen LogP) is 2.67. The van der Waals surface area contributed by atoms with Crippen molar-refractivity contribution in [3.8, 4) is 0 Å². The molecule has 1 saturated heterocycles. The molecule has 4 aliphatic rings. The van der Waals surface area contributed by atoms with Crippen LogP contribution in [0.4, 0.5) is 9.18 Å². The first kappa shape index (κ1) is 22.1. The lowest BCUT2D eigenvalue weighted by Gasteiger charge is -2.35. The molecule has 0 bridgehead atoms. The van der Waals surface area contributed by atoms with E-state index in [4.69, 9.17) is 10.5 Å². The van der Waals surface area contributed by atoms with Gasteiger partial charge in [-0.15, -0.1) is 0 Å². The fourth-order valence-electron chi connectivity index (χ4n) is 5.04. The summed E-state index contributed by atoms with van der Waals surface area (Å²) in [6.45, 7) is 3.10. The first-order chi connectivity index (χ1) is 15.0. The zero-order valence-corrected chi connectivity index (χ0v) is 18.3. The fourth-order valence-corrected chi connectivity index (χ4v) is 5.04. The van der Waals surface area contributed by atoms with Crippen molar-refractivity contribution in [1.29, 1.82) is 0 Å². The number of ether oxygens (including phenoxy) is 1. The molecule has 8 heteroatoms. The Hall–Kier alpha value is -2.06. The number of allylic oxidation sites excluding steroid dienone is 3. The molecule has 1 fully saturated rings. The number of amides is 2. The Balaban J connectivity index is 1.24. The van der Waals surface area contributed by atoms with Gasteiger partial charge in [-0.2, -0.15) is 0 Å². The SMILES string of the molecule is C[C@H]1C=C(NC(=O)NC2=CC[C@@H](O[C@@H]3C=C(N)NC([C@H]4CCCN4)C3)CC2)[C@@H](F)CC1. The Labute approximate surface area is 184 Å². The number of halogens is 1. The first-order valence-corrected chi connectivity index (χ1v) is 11.7. The minimum absolute atomic E-state index is 0.00609. The van der Waals surface area contributed by atoms with Crippen molar-refractivity contribution in [3.63, 3.8) is 0 Å². The molecule has 0 radical (unpaired) electrons. The maximum atomic E-state index is 14.0. The van der Waals surface area contributed by atoms with Crippen LogP contribution in [0.2, 0.25) is 0 Å². The van der Waals surface area contributed by atoms with Crippen LogP contribution in [-0.2, 0) is 4.74 Å². The molecule has 0 aromatic rings. The zero-order chi connectivity index (χ0) is 21.8. The van der Waals surface area contributed by atoms with Gasteiger partial charge in [-0.1, -0.05) is 19.1 Å². The molecule has 2 amide bonds. The maximum Gasteiger partial charge on any atom is 0.323 e. The van der Waals surface area contributed by atoms with Crippen molar-refractivity contribution < 1.29 is 13.9 Å². The molecule has 6 atom stereocenters. The number of hydrogen-bond donors (Lipinski definition) is 5. The number of nitrogens with two attached hydrogens (primary N) is 1. The lowest BCUT2D eigenvalue weighted by Crippen LogP contribution is -2.50. The quantitative estimate of drug-likeness (QED) is 0.459. The van der Waals surface area contributed by atoms with E-state index < -0.39 is 6.17 Å². The van der Waals surface area contributed by atoms with E-state index in [9.17, 15) is 9.18 Å². The highest BCUT2D eigenvalue weighted by Crippen LogP contribution is 2.26. The number of carbonyl (C=O) groups excluding carboxylic acids is 1. The van der Waals surface area contributed by atoms with E-state index in [-0.39, 0.29) is 24.2 Å². The lowest BCUT2D eigenvalue weighted by molar-refractivity contribution is -0.00576. The molecule has 2 aliphatic carbocycles. The Morgan fingerprint density at radius 3 is 2.81 bits per heavy atom. The second-order valence-electron chi connectivity index (χ2n) is 9.33. The Morgan fingerprint density at radius 2 is 2.06 bits per heavy atom. The largest absolute Gasteiger partial charge is 0.386 e. The van der Waals surface area contributed by atoms with Gasteiger partial charge in [0.1, 0.15) is 6.17 Å². The van der Waals surface area contributed by atoms with Gasteiger partial charge < -0.3 is 31.7 Å². The van der Waals surface area contributed by atoms with Crippen LogP contribution in [0.1, 0.15) is 58.3 Å². The summed E-state index contributed by atoms with van der Waals surface area (Å²) >= 11 is 0. The van der Waals surface area contributed by atoms with E-state index in [1.165, 1.54) is 12.8 Å². The number of carbonyl (C=O) groups is 1. The molecule has 4 rings (SSSR count). The summed E-state index contributed by atoms with van der Waals surface area (Å²) in [5.41, 5.74) is 7.36. The monoisotopic (exact) mass is 433 g/mol. The van der Waals surface area contributed by atoms with Crippen LogP contribution in [0.3, 0.4) is 0 Å². The molecule has 7 nitrogen and oxygen atoms in total. The lowest BCUT2D eigenvalue weighted by atomic mass is 9.94. The molecule has 0 aromatic heterocycles. The molecule has 0 spiro atoms. The summed E-state index contributed by atoms with van der Waals surface area (Å²) in [5, 5.41) is 12.5. The molecule has 2 aliphatic heterocycles. The number of hydrogen-bond acceptors (Lipinski definition) is 5. The Morgan fingerprint density at radius 1 is 1.19 bits per heavy atom. The van der Waals surface area contributed by atoms with Gasteiger partial charge in [0, 0.05) is 23.5 Å². The normalized spacial score (nSPS) is 36.0. The number of alkyl halides is 1. The highest BCUT2D eigenvalue weighted by Gasteiger charge is 2.31. The minimum Gasteiger partial charge on any atom is -0.386 e. The van der Waals surface area contributed by atoms with Crippen molar-refractivity contribution in [2.45, 2.75) is 88.8 Å². The highest BCUT2D eigenvalue weighted by atomic mass is 19.1. The molecule has 6 N–H and O–H groups in total. The summed E-state index contributed by atoms with van der Waals surface area (Å²) in [6.07, 6.45) is 11.7. The predicted molar refractivity (Wildman–Crippen MR) is 118 cm³/mol. The summed E-state index contributed by atoms with van der Waals surface area (Å²) in [6, 6.07) is 0.383. The average molecular weight is 434 g/mol. The molecule has 31 heavy (non-hydrogen) atoms. The van der Waals surface area contributed by atoms with Gasteiger partial charge in [-0.05, 0) is 69.9 Å². The number of nitrogens with one attached hydrogen (secondary N) is 4. The average Bonchev–Trinajstić information content (AvgIpc) is 3.27. The van der Waals surface area contributed by atoms with Crippen LogP contribution >= 0.6 is 0 Å². The van der Waals surface area contributed by atoms with Crippen molar-refractivity contribution in [2.75, 3.05) is 6.54 Å². The second kappa shape index (κ2) is 10.0. The van der Waals surface area contributed by atoms with Gasteiger partial charge >= 0.3 is 6.03 Å². The third-order valence-corrected chi connectivity index (χ3v) is 6.73.